The van der Waals surface area contributed by atoms with E-state index in [4.69, 9.17) is 5.11 Å². The molecule has 0 radical (unpaired) electrons. The molecule has 0 saturated carbocycles. The molecule has 1 aromatic rings. The average Bonchev–Trinajstić information content (AvgIpc) is 2.30. The highest BCUT2D eigenvalue weighted by atomic mass is 79.9. The van der Waals surface area contributed by atoms with Crippen LogP contribution in [0.3, 0.4) is 0 Å². The van der Waals surface area contributed by atoms with Crippen molar-refractivity contribution in [2.24, 2.45) is 0 Å². The van der Waals surface area contributed by atoms with Crippen molar-refractivity contribution in [3.8, 4) is 0 Å². The van der Waals surface area contributed by atoms with E-state index in [9.17, 15) is 23.3 Å². The Morgan fingerprint density at radius 2 is 2.10 bits per heavy atom. The Morgan fingerprint density at radius 1 is 1.45 bits per heavy atom. The highest BCUT2D eigenvalue weighted by Gasteiger charge is 2.19. The molecule has 20 heavy (non-hydrogen) atoms. The summed E-state index contributed by atoms with van der Waals surface area (Å²) < 4.78 is 25.9. The third-order valence-electron chi connectivity index (χ3n) is 2.23. The van der Waals surface area contributed by atoms with E-state index in [1.165, 1.54) is 18.2 Å². The van der Waals surface area contributed by atoms with Crippen LogP contribution >= 0.6 is 15.9 Å². The van der Waals surface area contributed by atoms with Crippen molar-refractivity contribution in [2.45, 2.75) is 12.8 Å². The van der Waals surface area contributed by atoms with Crippen molar-refractivity contribution < 1.29 is 23.2 Å². The first-order valence-electron chi connectivity index (χ1n) is 5.37. The van der Waals surface area contributed by atoms with E-state index < -0.39 is 26.7 Å². The van der Waals surface area contributed by atoms with Crippen LogP contribution in [-0.2, 0) is 14.8 Å². The predicted octanol–water partition coefficient (Wildman–Crippen LogP) is 1.96. The maximum Gasteiger partial charge on any atom is 0.303 e. The lowest BCUT2D eigenvalue weighted by Gasteiger charge is -2.08. The summed E-state index contributed by atoms with van der Waals surface area (Å²) in [7, 11) is -3.83. The van der Waals surface area contributed by atoms with Gasteiger partial charge in [-0.2, -0.15) is 0 Å². The SMILES string of the molecule is O=C(O)CCCS(=O)(=O)Nc1ccc(Br)cc1[N+](=O)[O-]. The molecule has 8 nitrogen and oxygen atoms in total. The summed E-state index contributed by atoms with van der Waals surface area (Å²) in [5.41, 5.74) is -0.547. The molecule has 0 unspecified atom stereocenters. The molecule has 0 spiro atoms. The first-order valence-corrected chi connectivity index (χ1v) is 7.82. The molecule has 0 aliphatic rings. The van der Waals surface area contributed by atoms with E-state index in [1.54, 1.807) is 0 Å². The van der Waals surface area contributed by atoms with Crippen LogP contribution in [0, 0.1) is 10.1 Å². The molecule has 0 aliphatic carbocycles. The molecule has 1 rings (SSSR count). The highest BCUT2D eigenvalue weighted by molar-refractivity contribution is 9.10. The predicted molar refractivity (Wildman–Crippen MR) is 75.1 cm³/mol. The summed E-state index contributed by atoms with van der Waals surface area (Å²) in [6.45, 7) is 0. The lowest BCUT2D eigenvalue weighted by atomic mass is 10.3. The molecule has 0 aliphatic heterocycles. The topological polar surface area (TPSA) is 127 Å². The van der Waals surface area contributed by atoms with Gasteiger partial charge in [0.25, 0.3) is 5.69 Å². The van der Waals surface area contributed by atoms with Gasteiger partial charge in [-0.3, -0.25) is 19.6 Å². The van der Waals surface area contributed by atoms with Crippen molar-refractivity contribution in [1.29, 1.82) is 0 Å². The van der Waals surface area contributed by atoms with E-state index in [2.05, 4.69) is 20.7 Å². The molecule has 10 heteroatoms. The summed E-state index contributed by atoms with van der Waals surface area (Å²) in [6.07, 6.45) is -0.363. The Hall–Kier alpha value is -1.68. The lowest BCUT2D eigenvalue weighted by Crippen LogP contribution is -2.18. The van der Waals surface area contributed by atoms with E-state index >= 15 is 0 Å². The number of rotatable bonds is 7. The van der Waals surface area contributed by atoms with Crippen LogP contribution in [-0.4, -0.2) is 30.2 Å². The molecule has 0 fully saturated rings. The van der Waals surface area contributed by atoms with Crippen LogP contribution < -0.4 is 4.72 Å². The number of carbonyl (C=O) groups is 1. The van der Waals surface area contributed by atoms with Gasteiger partial charge in [0.15, 0.2) is 0 Å². The normalized spacial score (nSPS) is 11.1. The minimum atomic E-state index is -3.83. The van der Waals surface area contributed by atoms with Gasteiger partial charge in [0.1, 0.15) is 5.69 Å². The van der Waals surface area contributed by atoms with Gasteiger partial charge in [0.05, 0.1) is 10.7 Å². The molecule has 0 amide bonds. The summed E-state index contributed by atoms with van der Waals surface area (Å²) in [5.74, 6) is -1.53. The molecule has 2 N–H and O–H groups in total. The highest BCUT2D eigenvalue weighted by Crippen LogP contribution is 2.28. The van der Waals surface area contributed by atoms with Gasteiger partial charge in [-0.05, 0) is 18.6 Å². The number of aliphatic carboxylic acids is 1. The zero-order chi connectivity index (χ0) is 15.3. The molecule has 110 valence electrons. The van der Waals surface area contributed by atoms with Gasteiger partial charge in [0.2, 0.25) is 10.0 Å². The molecule has 0 aromatic heterocycles. The lowest BCUT2D eigenvalue weighted by molar-refractivity contribution is -0.384. The van der Waals surface area contributed by atoms with Crippen molar-refractivity contribution in [3.63, 3.8) is 0 Å². The van der Waals surface area contributed by atoms with E-state index in [0.717, 1.165) is 0 Å². The van der Waals surface area contributed by atoms with Gasteiger partial charge in [-0.25, -0.2) is 8.42 Å². The van der Waals surface area contributed by atoms with Gasteiger partial charge >= 0.3 is 5.97 Å². The van der Waals surface area contributed by atoms with E-state index in [-0.39, 0.29) is 24.2 Å². The molecule has 0 atom stereocenters. The zero-order valence-electron chi connectivity index (χ0n) is 10.1. The number of halogens is 1. The summed E-state index contributed by atoms with van der Waals surface area (Å²) >= 11 is 3.06. The monoisotopic (exact) mass is 366 g/mol. The van der Waals surface area contributed by atoms with Crippen molar-refractivity contribution in [2.75, 3.05) is 10.5 Å². The molecule has 0 bridgehead atoms. The quantitative estimate of drug-likeness (QED) is 0.560. The average molecular weight is 367 g/mol. The van der Waals surface area contributed by atoms with Gasteiger partial charge in [-0.15, -0.1) is 0 Å². The van der Waals surface area contributed by atoms with Gasteiger partial charge < -0.3 is 5.11 Å². The third kappa shape index (κ3) is 5.13. The van der Waals surface area contributed by atoms with Crippen LogP contribution in [0.4, 0.5) is 11.4 Å². The first-order chi connectivity index (χ1) is 9.21. The number of benzene rings is 1. The fourth-order valence-corrected chi connectivity index (χ4v) is 2.86. The number of nitro benzene ring substituents is 1. The number of carboxylic acids is 1. The molecule has 1 aromatic carbocycles. The Labute approximate surface area is 123 Å². The molecule has 0 heterocycles. The van der Waals surface area contributed by atoms with E-state index in [1.807, 2.05) is 0 Å². The number of hydrogen-bond donors (Lipinski definition) is 2. The standard InChI is InChI=1S/C10H11BrN2O6S/c11-7-3-4-8(9(6-7)13(16)17)12-20(18,19)5-1-2-10(14)15/h3-4,6,12H,1-2,5H2,(H,14,15). The largest absolute Gasteiger partial charge is 0.481 e. The van der Waals surface area contributed by atoms with Crippen LogP contribution in [0.1, 0.15) is 12.8 Å². The maximum absolute atomic E-state index is 11.7. The third-order valence-corrected chi connectivity index (χ3v) is 4.08. The fourth-order valence-electron chi connectivity index (χ4n) is 1.37. The second kappa shape index (κ2) is 6.66. The molecular weight excluding hydrogens is 356 g/mol. The fraction of sp³-hybridized carbons (Fsp3) is 0.300. The number of carboxylic acid groups (broad SMARTS) is 1. The van der Waals surface area contributed by atoms with Crippen molar-refractivity contribution in [3.05, 3.63) is 32.8 Å². The Kier molecular flexibility index (Phi) is 5.45. The number of sulfonamides is 1. The Morgan fingerprint density at radius 3 is 2.65 bits per heavy atom. The van der Waals surface area contributed by atoms with Gasteiger partial charge in [-0.1, -0.05) is 15.9 Å². The molecular formula is C10H11BrN2O6S. The minimum absolute atomic E-state index is 0.0744. The van der Waals surface area contributed by atoms with Crippen molar-refractivity contribution in [1.82, 2.24) is 0 Å². The number of nitro groups is 1. The van der Waals surface area contributed by atoms with Gasteiger partial charge in [0, 0.05) is 17.0 Å². The Bertz CT molecular complexity index is 631. The van der Waals surface area contributed by atoms with Crippen LogP contribution in [0.5, 0.6) is 0 Å². The number of hydrogen-bond acceptors (Lipinski definition) is 5. The number of nitrogens with zero attached hydrogens (tertiary/aromatic N) is 1. The van der Waals surface area contributed by atoms with E-state index in [0.29, 0.717) is 4.47 Å². The van der Waals surface area contributed by atoms with Crippen molar-refractivity contribution >= 4 is 43.3 Å². The second-order valence-electron chi connectivity index (χ2n) is 3.84. The first kappa shape index (κ1) is 16.4. The zero-order valence-corrected chi connectivity index (χ0v) is 12.5. The molecule has 0 saturated heterocycles. The minimum Gasteiger partial charge on any atom is -0.481 e. The number of anilines is 1. The number of nitrogens with one attached hydrogen (secondary N) is 1. The summed E-state index contributed by atoms with van der Waals surface area (Å²) in [5, 5.41) is 19.3. The van der Waals surface area contributed by atoms with Crippen LogP contribution in [0.25, 0.3) is 0 Å². The van der Waals surface area contributed by atoms with Crippen LogP contribution in [0.2, 0.25) is 0 Å². The maximum atomic E-state index is 11.7. The second-order valence-corrected chi connectivity index (χ2v) is 6.59. The Balaban J connectivity index is 2.87. The smallest absolute Gasteiger partial charge is 0.303 e. The summed E-state index contributed by atoms with van der Waals surface area (Å²) in [4.78, 5) is 20.4. The summed E-state index contributed by atoms with van der Waals surface area (Å²) in [6, 6.07) is 3.90. The van der Waals surface area contributed by atoms with Crippen LogP contribution in [0.15, 0.2) is 22.7 Å².